The largest absolute Gasteiger partial charge is 0.303 e. The van der Waals surface area contributed by atoms with Crippen molar-refractivity contribution in [1.29, 1.82) is 0 Å². The summed E-state index contributed by atoms with van der Waals surface area (Å²) in [6.07, 6.45) is 7.59. The third-order valence-corrected chi connectivity index (χ3v) is 3.27. The zero-order valence-electron chi connectivity index (χ0n) is 9.18. The lowest BCUT2D eigenvalue weighted by molar-refractivity contribution is -0.115. The average Bonchev–Trinajstić information content (AvgIpc) is 2.09. The van der Waals surface area contributed by atoms with E-state index >= 15 is 0 Å². The lowest BCUT2D eigenvalue weighted by Crippen LogP contribution is -2.21. The van der Waals surface area contributed by atoms with Crippen LogP contribution in [0.4, 0.5) is 0 Å². The smallest absolute Gasteiger partial charge is 0.125 e. The minimum atomic E-state index is -0.0920. The number of hydrogen-bond donors (Lipinski definition) is 0. The summed E-state index contributed by atoms with van der Waals surface area (Å²) in [6.45, 7) is 6.44. The Hall–Kier alpha value is -0.330. The van der Waals surface area contributed by atoms with Crippen LogP contribution < -0.4 is 0 Å². The number of carbonyl (C=O) groups excluding carboxylic acids is 1. The molecule has 0 heterocycles. The average molecular weight is 182 g/mol. The Bertz CT molecular complexity index is 164. The summed E-state index contributed by atoms with van der Waals surface area (Å²) in [6, 6.07) is 0. The van der Waals surface area contributed by atoms with E-state index in [1.807, 2.05) is 0 Å². The first-order chi connectivity index (χ1) is 6.03. The highest BCUT2D eigenvalue weighted by Crippen LogP contribution is 2.35. The van der Waals surface area contributed by atoms with Crippen molar-refractivity contribution in [1.82, 2.24) is 0 Å². The minimum absolute atomic E-state index is 0.0920. The van der Waals surface area contributed by atoms with Gasteiger partial charge in [-0.15, -0.1) is 0 Å². The van der Waals surface area contributed by atoms with E-state index in [1.54, 1.807) is 0 Å². The molecule has 0 spiro atoms. The van der Waals surface area contributed by atoms with Crippen LogP contribution in [0.2, 0.25) is 0 Å². The first-order valence-corrected chi connectivity index (χ1v) is 5.50. The molecular weight excluding hydrogens is 160 g/mol. The van der Waals surface area contributed by atoms with E-state index in [-0.39, 0.29) is 5.41 Å². The van der Waals surface area contributed by atoms with Crippen LogP contribution >= 0.6 is 0 Å². The second-order valence-electron chi connectivity index (χ2n) is 5.44. The van der Waals surface area contributed by atoms with E-state index in [0.29, 0.717) is 0 Å². The molecule has 0 radical (unpaired) electrons. The van der Waals surface area contributed by atoms with Crippen LogP contribution in [-0.2, 0) is 4.79 Å². The van der Waals surface area contributed by atoms with E-state index in [4.69, 9.17) is 0 Å². The number of hydrogen-bond acceptors (Lipinski definition) is 1. The normalized spacial score (nSPS) is 30.1. The van der Waals surface area contributed by atoms with Gasteiger partial charge in [-0.2, -0.15) is 0 Å². The molecule has 1 rings (SSSR count). The lowest BCUT2D eigenvalue weighted by atomic mass is 9.75. The van der Waals surface area contributed by atoms with E-state index < -0.39 is 0 Å². The molecule has 1 fully saturated rings. The Balaban J connectivity index is 2.34. The third kappa shape index (κ3) is 3.50. The van der Waals surface area contributed by atoms with Crippen molar-refractivity contribution in [3.63, 3.8) is 0 Å². The molecule has 1 aliphatic rings. The maximum Gasteiger partial charge on any atom is 0.125 e. The molecule has 76 valence electrons. The summed E-state index contributed by atoms with van der Waals surface area (Å²) in [5.74, 6) is 1.71. The second-order valence-corrected chi connectivity index (χ2v) is 5.44. The molecule has 1 nitrogen and oxygen atoms in total. The fourth-order valence-electron chi connectivity index (χ4n) is 2.33. The SMILES string of the molecule is CC1CCC(CC(C)(C)C=O)CC1. The second kappa shape index (κ2) is 4.26. The van der Waals surface area contributed by atoms with Crippen LogP contribution in [0.15, 0.2) is 0 Å². The molecule has 0 amide bonds. The summed E-state index contributed by atoms with van der Waals surface area (Å²) in [4.78, 5) is 10.8. The van der Waals surface area contributed by atoms with Gasteiger partial charge in [-0.25, -0.2) is 0 Å². The van der Waals surface area contributed by atoms with Crippen LogP contribution in [0.3, 0.4) is 0 Å². The third-order valence-electron chi connectivity index (χ3n) is 3.27. The van der Waals surface area contributed by atoms with Crippen LogP contribution in [0.25, 0.3) is 0 Å². The Kier molecular flexibility index (Phi) is 3.52. The Labute approximate surface area is 81.9 Å². The van der Waals surface area contributed by atoms with Gasteiger partial charge >= 0.3 is 0 Å². The lowest BCUT2D eigenvalue weighted by Gasteiger charge is -2.30. The minimum Gasteiger partial charge on any atom is -0.303 e. The molecule has 0 atom stereocenters. The van der Waals surface area contributed by atoms with Crippen molar-refractivity contribution in [2.75, 3.05) is 0 Å². The predicted octanol–water partition coefficient (Wildman–Crippen LogP) is 3.43. The molecule has 0 bridgehead atoms. The molecule has 1 heteroatoms. The van der Waals surface area contributed by atoms with Gasteiger partial charge in [-0.3, -0.25) is 0 Å². The molecule has 0 aliphatic heterocycles. The first-order valence-electron chi connectivity index (χ1n) is 5.50. The number of carbonyl (C=O) groups is 1. The van der Waals surface area contributed by atoms with Gasteiger partial charge in [0.15, 0.2) is 0 Å². The van der Waals surface area contributed by atoms with Crippen molar-refractivity contribution in [2.24, 2.45) is 17.3 Å². The fraction of sp³-hybridized carbons (Fsp3) is 0.917. The van der Waals surface area contributed by atoms with Gasteiger partial charge in [-0.05, 0) is 18.3 Å². The van der Waals surface area contributed by atoms with E-state index in [0.717, 1.165) is 24.5 Å². The summed E-state index contributed by atoms with van der Waals surface area (Å²) < 4.78 is 0. The number of rotatable bonds is 3. The van der Waals surface area contributed by atoms with E-state index in [2.05, 4.69) is 20.8 Å². The van der Waals surface area contributed by atoms with Gasteiger partial charge in [-0.1, -0.05) is 46.5 Å². The predicted molar refractivity (Wildman–Crippen MR) is 55.6 cm³/mol. The standard InChI is InChI=1S/C12H22O/c1-10-4-6-11(7-5-10)8-12(2,3)9-13/h9-11H,4-8H2,1-3H3. The summed E-state index contributed by atoms with van der Waals surface area (Å²) in [5, 5.41) is 0. The quantitative estimate of drug-likeness (QED) is 0.611. The van der Waals surface area contributed by atoms with Gasteiger partial charge in [0.05, 0.1) is 0 Å². The molecular formula is C12H22O. The topological polar surface area (TPSA) is 17.1 Å². The Morgan fingerprint density at radius 2 is 1.77 bits per heavy atom. The molecule has 0 aromatic heterocycles. The van der Waals surface area contributed by atoms with Crippen molar-refractivity contribution < 1.29 is 4.79 Å². The van der Waals surface area contributed by atoms with Crippen molar-refractivity contribution >= 4 is 6.29 Å². The maximum atomic E-state index is 10.8. The molecule has 0 unspecified atom stereocenters. The zero-order valence-corrected chi connectivity index (χ0v) is 9.18. The fourth-order valence-corrected chi connectivity index (χ4v) is 2.33. The van der Waals surface area contributed by atoms with Gasteiger partial charge in [0.2, 0.25) is 0 Å². The van der Waals surface area contributed by atoms with E-state index in [1.165, 1.54) is 25.7 Å². The van der Waals surface area contributed by atoms with Crippen molar-refractivity contribution in [3.8, 4) is 0 Å². The zero-order chi connectivity index (χ0) is 9.90. The molecule has 0 saturated heterocycles. The Morgan fingerprint density at radius 3 is 2.23 bits per heavy atom. The monoisotopic (exact) mass is 182 g/mol. The highest BCUT2D eigenvalue weighted by Gasteiger charge is 2.25. The van der Waals surface area contributed by atoms with Gasteiger partial charge in [0, 0.05) is 5.41 Å². The summed E-state index contributed by atoms with van der Waals surface area (Å²) in [7, 11) is 0. The first kappa shape index (κ1) is 10.7. The highest BCUT2D eigenvalue weighted by molar-refractivity contribution is 5.57. The van der Waals surface area contributed by atoms with Crippen molar-refractivity contribution in [3.05, 3.63) is 0 Å². The van der Waals surface area contributed by atoms with Gasteiger partial charge in [0.1, 0.15) is 6.29 Å². The van der Waals surface area contributed by atoms with Gasteiger partial charge in [0.25, 0.3) is 0 Å². The van der Waals surface area contributed by atoms with Crippen LogP contribution in [-0.4, -0.2) is 6.29 Å². The molecule has 13 heavy (non-hydrogen) atoms. The van der Waals surface area contributed by atoms with Crippen LogP contribution in [0, 0.1) is 17.3 Å². The molecule has 0 aromatic rings. The Morgan fingerprint density at radius 1 is 1.23 bits per heavy atom. The molecule has 1 aliphatic carbocycles. The van der Waals surface area contributed by atoms with Crippen LogP contribution in [0.5, 0.6) is 0 Å². The maximum absolute atomic E-state index is 10.8. The molecule has 0 N–H and O–H groups in total. The number of aldehydes is 1. The molecule has 1 saturated carbocycles. The summed E-state index contributed by atoms with van der Waals surface area (Å²) in [5.41, 5.74) is -0.0920. The van der Waals surface area contributed by atoms with E-state index in [9.17, 15) is 4.79 Å². The summed E-state index contributed by atoms with van der Waals surface area (Å²) >= 11 is 0. The van der Waals surface area contributed by atoms with Crippen LogP contribution in [0.1, 0.15) is 52.9 Å². The van der Waals surface area contributed by atoms with Crippen molar-refractivity contribution in [2.45, 2.75) is 52.9 Å². The van der Waals surface area contributed by atoms with Gasteiger partial charge < -0.3 is 4.79 Å². The molecule has 0 aromatic carbocycles. The highest BCUT2D eigenvalue weighted by atomic mass is 16.1.